The molecule has 3 rings (SSSR count). The Balaban J connectivity index is 1.62. The molecule has 1 saturated heterocycles. The Morgan fingerprint density at radius 2 is 2.05 bits per heavy atom. The predicted molar refractivity (Wildman–Crippen MR) is 88.8 cm³/mol. The quantitative estimate of drug-likeness (QED) is 0.683. The third-order valence-corrected chi connectivity index (χ3v) is 4.84. The third-order valence-electron chi connectivity index (χ3n) is 4.84. The van der Waals surface area contributed by atoms with Crippen molar-refractivity contribution >= 4 is 5.96 Å². The number of nitrogens with zero attached hydrogens (tertiary/aromatic N) is 2. The third kappa shape index (κ3) is 3.22. The van der Waals surface area contributed by atoms with Gasteiger partial charge in [0.15, 0.2) is 5.96 Å². The first kappa shape index (κ1) is 14.4. The molecule has 1 aromatic carbocycles. The van der Waals surface area contributed by atoms with Crippen LogP contribution in [0, 0.1) is 5.92 Å². The van der Waals surface area contributed by atoms with Crippen molar-refractivity contribution < 1.29 is 0 Å². The number of piperidine rings is 1. The van der Waals surface area contributed by atoms with Crippen molar-refractivity contribution in [2.45, 2.75) is 39.0 Å². The van der Waals surface area contributed by atoms with Gasteiger partial charge in [-0.2, -0.15) is 0 Å². The van der Waals surface area contributed by atoms with E-state index < -0.39 is 0 Å². The Hall–Kier alpha value is -1.51. The van der Waals surface area contributed by atoms with E-state index in [2.05, 4.69) is 48.3 Å². The molecule has 3 nitrogen and oxygen atoms in total. The second-order valence-corrected chi connectivity index (χ2v) is 6.46. The van der Waals surface area contributed by atoms with Crippen molar-refractivity contribution in [1.29, 1.82) is 0 Å². The van der Waals surface area contributed by atoms with Crippen LogP contribution in [0.1, 0.15) is 43.7 Å². The lowest BCUT2D eigenvalue weighted by atomic mass is 9.78. The summed E-state index contributed by atoms with van der Waals surface area (Å²) in [5.41, 5.74) is 3.01. The highest BCUT2D eigenvalue weighted by atomic mass is 15.3. The molecule has 0 spiro atoms. The molecule has 3 heteroatoms. The van der Waals surface area contributed by atoms with Gasteiger partial charge in [0.1, 0.15) is 0 Å². The second kappa shape index (κ2) is 6.50. The number of aliphatic imine (C=N–C) groups is 1. The van der Waals surface area contributed by atoms with Gasteiger partial charge >= 0.3 is 0 Å². The number of benzene rings is 1. The van der Waals surface area contributed by atoms with Gasteiger partial charge in [0.2, 0.25) is 0 Å². The molecule has 0 radical (unpaired) electrons. The van der Waals surface area contributed by atoms with Crippen molar-refractivity contribution in [2.24, 2.45) is 10.9 Å². The van der Waals surface area contributed by atoms with Crippen LogP contribution in [0.4, 0.5) is 0 Å². The van der Waals surface area contributed by atoms with Crippen LogP contribution in [0.15, 0.2) is 29.3 Å². The first-order chi connectivity index (χ1) is 10.3. The number of fused-ring (bicyclic) bond motifs is 1. The maximum Gasteiger partial charge on any atom is 0.193 e. The first-order valence-electron chi connectivity index (χ1n) is 8.39. The highest BCUT2D eigenvalue weighted by molar-refractivity contribution is 5.80. The normalized spacial score (nSPS) is 22.7. The van der Waals surface area contributed by atoms with E-state index in [1.54, 1.807) is 0 Å². The predicted octanol–water partition coefficient (Wildman–Crippen LogP) is 3.02. The zero-order valence-electron chi connectivity index (χ0n) is 13.3. The van der Waals surface area contributed by atoms with Crippen molar-refractivity contribution in [3.63, 3.8) is 0 Å². The number of hydrogen-bond acceptors (Lipinski definition) is 1. The summed E-state index contributed by atoms with van der Waals surface area (Å²) in [4.78, 5) is 7.35. The van der Waals surface area contributed by atoms with Crippen molar-refractivity contribution in [2.75, 3.05) is 26.2 Å². The number of nitrogens with one attached hydrogen (secondary N) is 1. The molecule has 1 N–H and O–H groups in total. The lowest BCUT2D eigenvalue weighted by molar-refractivity contribution is 0.273. The number of likely N-dealkylation sites (tertiary alicyclic amines) is 1. The van der Waals surface area contributed by atoms with Gasteiger partial charge in [-0.15, -0.1) is 0 Å². The number of rotatable bonds is 3. The summed E-state index contributed by atoms with van der Waals surface area (Å²) in [7, 11) is 0. The van der Waals surface area contributed by atoms with Crippen LogP contribution in [-0.2, 0) is 6.42 Å². The zero-order chi connectivity index (χ0) is 14.7. The minimum atomic E-state index is 0.624. The molecule has 2 aliphatic rings. The maximum absolute atomic E-state index is 4.91. The number of guanidine groups is 1. The molecule has 1 atom stereocenters. The molecule has 1 heterocycles. The first-order valence-corrected chi connectivity index (χ1v) is 8.39. The second-order valence-electron chi connectivity index (χ2n) is 6.46. The fourth-order valence-electron chi connectivity index (χ4n) is 3.37. The molecule has 0 aromatic heterocycles. The average Bonchev–Trinajstić information content (AvgIpc) is 2.48. The Labute approximate surface area is 128 Å². The fraction of sp³-hybridized carbons (Fsp3) is 0.611. The van der Waals surface area contributed by atoms with Crippen molar-refractivity contribution in [3.05, 3.63) is 35.4 Å². The van der Waals surface area contributed by atoms with Gasteiger partial charge in [0.25, 0.3) is 0 Å². The van der Waals surface area contributed by atoms with Gasteiger partial charge in [-0.3, -0.25) is 4.99 Å². The minimum absolute atomic E-state index is 0.624. The molecule has 0 amide bonds. The van der Waals surface area contributed by atoms with Crippen LogP contribution in [0.3, 0.4) is 0 Å². The molecule has 1 aliphatic carbocycles. The topological polar surface area (TPSA) is 27.6 Å². The molecule has 1 aromatic rings. The molecule has 1 unspecified atom stereocenters. The summed E-state index contributed by atoms with van der Waals surface area (Å²) in [6.07, 6.45) is 3.77. The molecule has 0 bridgehead atoms. The minimum Gasteiger partial charge on any atom is -0.357 e. The van der Waals surface area contributed by atoms with Crippen LogP contribution in [-0.4, -0.2) is 37.0 Å². The van der Waals surface area contributed by atoms with Crippen LogP contribution in [0.25, 0.3) is 0 Å². The molecule has 1 fully saturated rings. The molecule has 0 saturated carbocycles. The van der Waals surface area contributed by atoms with Gasteiger partial charge < -0.3 is 10.2 Å². The van der Waals surface area contributed by atoms with Gasteiger partial charge in [-0.25, -0.2) is 0 Å². The molecule has 21 heavy (non-hydrogen) atoms. The maximum atomic E-state index is 4.91. The summed E-state index contributed by atoms with van der Waals surface area (Å²) in [5.74, 6) is 2.61. The highest BCUT2D eigenvalue weighted by Crippen LogP contribution is 2.34. The average molecular weight is 285 g/mol. The Morgan fingerprint density at radius 1 is 1.29 bits per heavy atom. The van der Waals surface area contributed by atoms with Gasteiger partial charge in [-0.1, -0.05) is 31.2 Å². The summed E-state index contributed by atoms with van der Waals surface area (Å²) < 4.78 is 0. The fourth-order valence-corrected chi connectivity index (χ4v) is 3.37. The molecule has 1 aliphatic heterocycles. The van der Waals surface area contributed by atoms with Crippen LogP contribution in [0.2, 0.25) is 0 Å². The smallest absolute Gasteiger partial charge is 0.193 e. The van der Waals surface area contributed by atoms with E-state index in [0.717, 1.165) is 38.1 Å². The largest absolute Gasteiger partial charge is 0.357 e. The molecule has 114 valence electrons. The van der Waals surface area contributed by atoms with Gasteiger partial charge in [0, 0.05) is 32.1 Å². The lowest BCUT2D eigenvalue weighted by Gasteiger charge is -2.34. The zero-order valence-corrected chi connectivity index (χ0v) is 13.3. The van der Waals surface area contributed by atoms with Crippen LogP contribution < -0.4 is 5.32 Å². The van der Waals surface area contributed by atoms with E-state index in [4.69, 9.17) is 4.99 Å². The van der Waals surface area contributed by atoms with Gasteiger partial charge in [0.05, 0.1) is 0 Å². The van der Waals surface area contributed by atoms with E-state index >= 15 is 0 Å². The summed E-state index contributed by atoms with van der Waals surface area (Å²) in [6, 6.07) is 8.78. The Bertz CT molecular complexity index is 501. The van der Waals surface area contributed by atoms with Crippen molar-refractivity contribution in [1.82, 2.24) is 10.2 Å². The molecular weight excluding hydrogens is 258 g/mol. The van der Waals surface area contributed by atoms with Crippen LogP contribution in [0.5, 0.6) is 0 Å². The van der Waals surface area contributed by atoms with Crippen molar-refractivity contribution in [3.8, 4) is 0 Å². The lowest BCUT2D eigenvalue weighted by Crippen LogP contribution is -2.45. The summed E-state index contributed by atoms with van der Waals surface area (Å²) >= 11 is 0. The number of hydrogen-bond donors (Lipinski definition) is 1. The van der Waals surface area contributed by atoms with Gasteiger partial charge in [-0.05, 0) is 43.2 Å². The van der Waals surface area contributed by atoms with Crippen LogP contribution >= 0.6 is 0 Å². The Kier molecular flexibility index (Phi) is 4.47. The highest BCUT2D eigenvalue weighted by Gasteiger charge is 2.25. The van der Waals surface area contributed by atoms with E-state index in [9.17, 15) is 0 Å². The van der Waals surface area contributed by atoms with E-state index in [1.807, 2.05) is 0 Å². The van der Waals surface area contributed by atoms with E-state index in [-0.39, 0.29) is 0 Å². The Morgan fingerprint density at radius 3 is 2.76 bits per heavy atom. The SMILES string of the molecule is CCNC(=NCC1Cc2ccccc21)N1CCC(C)CC1. The standard InChI is InChI=1S/C18H27N3/c1-3-19-18(21-10-8-14(2)9-11-21)20-13-16-12-15-6-4-5-7-17(15)16/h4-7,14,16H,3,8-13H2,1-2H3,(H,19,20). The monoisotopic (exact) mass is 285 g/mol. The van der Waals surface area contributed by atoms with E-state index in [1.165, 1.54) is 30.4 Å². The van der Waals surface area contributed by atoms with E-state index in [0.29, 0.717) is 5.92 Å². The molecular formula is C18H27N3. The summed E-state index contributed by atoms with van der Waals surface area (Å²) in [5, 5.41) is 3.47. The summed E-state index contributed by atoms with van der Waals surface area (Å²) in [6.45, 7) is 8.67.